The zero-order valence-corrected chi connectivity index (χ0v) is 15.2. The van der Waals surface area contributed by atoms with Gasteiger partial charge in [-0.05, 0) is 55.1 Å². The summed E-state index contributed by atoms with van der Waals surface area (Å²) < 4.78 is 0. The Labute approximate surface area is 155 Å². The molecule has 2 N–H and O–H groups in total. The van der Waals surface area contributed by atoms with Gasteiger partial charge in [0.05, 0.1) is 6.20 Å². The fourth-order valence-corrected chi connectivity index (χ4v) is 3.90. The molecule has 1 unspecified atom stereocenters. The summed E-state index contributed by atoms with van der Waals surface area (Å²) in [5.74, 6) is 0.467. The maximum absolute atomic E-state index is 4.05. The quantitative estimate of drug-likeness (QED) is 0.675. The van der Waals surface area contributed by atoms with Gasteiger partial charge < -0.3 is 5.32 Å². The summed E-state index contributed by atoms with van der Waals surface area (Å²) in [6.45, 7) is 1.02. The van der Waals surface area contributed by atoms with Crippen molar-refractivity contribution in [2.45, 2.75) is 25.2 Å². The van der Waals surface area contributed by atoms with Gasteiger partial charge in [0.2, 0.25) is 0 Å². The summed E-state index contributed by atoms with van der Waals surface area (Å²) in [5.41, 5.74) is 8.15. The van der Waals surface area contributed by atoms with Gasteiger partial charge in [0.15, 0.2) is 0 Å². The van der Waals surface area contributed by atoms with Crippen LogP contribution in [0.1, 0.15) is 35.4 Å². The van der Waals surface area contributed by atoms with E-state index in [1.807, 2.05) is 19.4 Å². The molecule has 0 saturated heterocycles. The molecular formula is C23H25N3. The molecule has 0 bridgehead atoms. The third kappa shape index (κ3) is 3.49. The fraction of sp³-hybridized carbons (Fsp3) is 0.261. The van der Waals surface area contributed by atoms with Crippen LogP contribution in [0.15, 0.2) is 66.5 Å². The van der Waals surface area contributed by atoms with Gasteiger partial charge in [-0.1, -0.05) is 60.2 Å². The molecule has 0 saturated carbocycles. The minimum Gasteiger partial charge on any atom is -0.320 e. The smallest absolute Gasteiger partial charge is 0.0565 e. The topological polar surface area (TPSA) is 40.7 Å². The highest BCUT2D eigenvalue weighted by Gasteiger charge is 2.20. The van der Waals surface area contributed by atoms with Crippen molar-refractivity contribution >= 4 is 6.08 Å². The molecule has 0 radical (unpaired) electrons. The summed E-state index contributed by atoms with van der Waals surface area (Å²) >= 11 is 0. The van der Waals surface area contributed by atoms with Gasteiger partial charge in [-0.25, -0.2) is 0 Å². The van der Waals surface area contributed by atoms with E-state index in [4.69, 9.17) is 0 Å². The third-order valence-electron chi connectivity index (χ3n) is 5.35. The summed E-state index contributed by atoms with van der Waals surface area (Å²) in [6, 6.07) is 17.8. The Hall–Kier alpha value is -2.65. The van der Waals surface area contributed by atoms with Crippen LogP contribution in [0.3, 0.4) is 0 Å². The molecule has 1 heterocycles. The molecule has 1 aliphatic rings. The van der Waals surface area contributed by atoms with Crippen molar-refractivity contribution in [3.8, 4) is 11.1 Å². The monoisotopic (exact) mass is 343 g/mol. The molecular weight excluding hydrogens is 318 g/mol. The SMILES string of the molecule is CNCCC(C1=Cc2ccccc2CC1)c1ccc(-c2cn[nH]c2)cc1. The van der Waals surface area contributed by atoms with Crippen LogP contribution < -0.4 is 5.32 Å². The highest BCUT2D eigenvalue weighted by Crippen LogP contribution is 2.36. The maximum atomic E-state index is 4.05. The molecule has 4 rings (SSSR count). The lowest BCUT2D eigenvalue weighted by atomic mass is 9.80. The average Bonchev–Trinajstić information content (AvgIpc) is 3.23. The Bertz CT molecular complexity index is 876. The lowest BCUT2D eigenvalue weighted by Gasteiger charge is -2.25. The van der Waals surface area contributed by atoms with Crippen LogP contribution in [0, 0.1) is 0 Å². The van der Waals surface area contributed by atoms with E-state index in [0.29, 0.717) is 5.92 Å². The Kier molecular flexibility index (Phi) is 4.98. The van der Waals surface area contributed by atoms with Gasteiger partial charge >= 0.3 is 0 Å². The molecule has 0 amide bonds. The minimum absolute atomic E-state index is 0.467. The van der Waals surface area contributed by atoms with E-state index in [2.05, 4.69) is 70.1 Å². The van der Waals surface area contributed by atoms with E-state index in [9.17, 15) is 0 Å². The normalized spacial score (nSPS) is 14.6. The molecule has 3 heteroatoms. The van der Waals surface area contributed by atoms with Crippen molar-refractivity contribution in [1.29, 1.82) is 0 Å². The van der Waals surface area contributed by atoms with Gasteiger partial charge in [-0.3, -0.25) is 5.10 Å². The number of allylic oxidation sites excluding steroid dienone is 1. The van der Waals surface area contributed by atoms with Crippen LogP contribution in [0.25, 0.3) is 17.2 Å². The Morgan fingerprint density at radius 1 is 1.04 bits per heavy atom. The highest BCUT2D eigenvalue weighted by atomic mass is 15.1. The molecule has 3 nitrogen and oxygen atoms in total. The number of hydrogen-bond acceptors (Lipinski definition) is 2. The second-order valence-electron chi connectivity index (χ2n) is 6.97. The lowest BCUT2D eigenvalue weighted by molar-refractivity contribution is 0.634. The molecule has 1 aliphatic carbocycles. The van der Waals surface area contributed by atoms with Crippen molar-refractivity contribution in [2.75, 3.05) is 13.6 Å². The van der Waals surface area contributed by atoms with Crippen molar-refractivity contribution in [1.82, 2.24) is 15.5 Å². The first-order valence-electron chi connectivity index (χ1n) is 9.37. The second kappa shape index (κ2) is 7.71. The minimum atomic E-state index is 0.467. The second-order valence-corrected chi connectivity index (χ2v) is 6.97. The van der Waals surface area contributed by atoms with Crippen molar-refractivity contribution in [3.63, 3.8) is 0 Å². The van der Waals surface area contributed by atoms with Gasteiger partial charge in [0.1, 0.15) is 0 Å². The number of aromatic nitrogens is 2. The lowest BCUT2D eigenvalue weighted by Crippen LogP contribution is -2.15. The number of benzene rings is 2. The molecule has 0 aliphatic heterocycles. The van der Waals surface area contributed by atoms with Crippen LogP contribution in [-0.4, -0.2) is 23.8 Å². The first-order valence-corrected chi connectivity index (χ1v) is 9.37. The van der Waals surface area contributed by atoms with Gasteiger partial charge in [0.25, 0.3) is 0 Å². The number of nitrogens with zero attached hydrogens (tertiary/aromatic N) is 1. The van der Waals surface area contributed by atoms with Crippen LogP contribution in [0.5, 0.6) is 0 Å². The molecule has 1 atom stereocenters. The first-order chi connectivity index (χ1) is 12.8. The van der Waals surface area contributed by atoms with Gasteiger partial charge in [0, 0.05) is 17.7 Å². The molecule has 26 heavy (non-hydrogen) atoms. The molecule has 2 aromatic carbocycles. The number of nitrogens with one attached hydrogen (secondary N) is 2. The largest absolute Gasteiger partial charge is 0.320 e. The van der Waals surface area contributed by atoms with Crippen molar-refractivity contribution < 1.29 is 0 Å². The Morgan fingerprint density at radius 2 is 1.88 bits per heavy atom. The molecule has 0 fully saturated rings. The van der Waals surface area contributed by atoms with Crippen LogP contribution in [-0.2, 0) is 6.42 Å². The van der Waals surface area contributed by atoms with Crippen molar-refractivity contribution in [2.24, 2.45) is 0 Å². The standard InChI is InChI=1S/C23H25N3/c1-24-13-12-23(21-11-8-17-4-2-3-5-20(17)14-21)19-9-6-18(7-10-19)22-15-25-26-16-22/h2-7,9-10,14-16,23-24H,8,11-13H2,1H3,(H,25,26). The summed E-state index contributed by atoms with van der Waals surface area (Å²) in [4.78, 5) is 0. The number of rotatable bonds is 6. The zero-order chi connectivity index (χ0) is 17.8. The maximum Gasteiger partial charge on any atom is 0.0565 e. The third-order valence-corrected chi connectivity index (χ3v) is 5.35. The zero-order valence-electron chi connectivity index (χ0n) is 15.2. The fourth-order valence-electron chi connectivity index (χ4n) is 3.90. The highest BCUT2D eigenvalue weighted by molar-refractivity contribution is 5.64. The number of aryl methyl sites for hydroxylation is 1. The van der Waals surface area contributed by atoms with Crippen LogP contribution >= 0.6 is 0 Å². The first kappa shape index (κ1) is 16.8. The summed E-state index contributed by atoms with van der Waals surface area (Å²) in [6.07, 6.45) is 9.64. The summed E-state index contributed by atoms with van der Waals surface area (Å²) in [7, 11) is 2.03. The van der Waals surface area contributed by atoms with Gasteiger partial charge in [-0.15, -0.1) is 0 Å². The number of hydrogen-bond donors (Lipinski definition) is 2. The number of aromatic amines is 1. The van der Waals surface area contributed by atoms with E-state index in [1.54, 1.807) is 5.57 Å². The average molecular weight is 343 g/mol. The Balaban J connectivity index is 1.64. The molecule has 0 spiro atoms. The molecule has 3 aromatic rings. The predicted octanol–water partition coefficient (Wildman–Crippen LogP) is 4.80. The molecule has 132 valence electrons. The van der Waals surface area contributed by atoms with Crippen LogP contribution in [0.4, 0.5) is 0 Å². The predicted molar refractivity (Wildman–Crippen MR) is 108 cm³/mol. The van der Waals surface area contributed by atoms with E-state index in [0.717, 1.165) is 31.4 Å². The van der Waals surface area contributed by atoms with E-state index < -0.39 is 0 Å². The Morgan fingerprint density at radius 3 is 2.65 bits per heavy atom. The van der Waals surface area contributed by atoms with Crippen LogP contribution in [0.2, 0.25) is 0 Å². The van der Waals surface area contributed by atoms with Crippen molar-refractivity contribution in [3.05, 3.63) is 83.2 Å². The number of H-pyrrole nitrogens is 1. The van der Waals surface area contributed by atoms with Gasteiger partial charge in [-0.2, -0.15) is 5.10 Å². The van der Waals surface area contributed by atoms with E-state index in [-0.39, 0.29) is 0 Å². The molecule has 1 aromatic heterocycles. The number of fused-ring (bicyclic) bond motifs is 1. The summed E-state index contributed by atoms with van der Waals surface area (Å²) in [5, 5.41) is 10.3. The van der Waals surface area contributed by atoms with E-state index >= 15 is 0 Å². The van der Waals surface area contributed by atoms with E-state index in [1.165, 1.54) is 22.3 Å².